The fourth-order valence-corrected chi connectivity index (χ4v) is 4.52. The molecule has 3 aromatic rings. The van der Waals surface area contributed by atoms with Gasteiger partial charge in [0, 0.05) is 38.9 Å². The van der Waals surface area contributed by atoms with E-state index in [1.54, 1.807) is 0 Å². The van der Waals surface area contributed by atoms with Crippen molar-refractivity contribution in [3.8, 4) is 5.75 Å². The number of aryl methyl sites for hydroxylation is 2. The van der Waals surface area contributed by atoms with Crippen molar-refractivity contribution in [1.29, 1.82) is 0 Å². The molecule has 0 saturated carbocycles. The molecule has 1 N–H and O–H groups in total. The Hall–Kier alpha value is -2.90. The summed E-state index contributed by atoms with van der Waals surface area (Å²) in [5.74, 6) is 1.97. The van der Waals surface area contributed by atoms with Crippen LogP contribution >= 0.6 is 0 Å². The molecule has 1 aromatic heterocycles. The lowest BCUT2D eigenvalue weighted by molar-refractivity contribution is -0.118. The summed E-state index contributed by atoms with van der Waals surface area (Å²) >= 11 is 0. The number of likely N-dealkylation sites (N-methyl/N-ethyl adjacent to an activating group) is 1. The number of nitrogens with zero attached hydrogens (tertiary/aromatic N) is 4. The third-order valence-corrected chi connectivity index (χ3v) is 6.68. The maximum Gasteiger partial charge on any atom is 0.262 e. The summed E-state index contributed by atoms with van der Waals surface area (Å²) in [4.78, 5) is 22.4. The van der Waals surface area contributed by atoms with E-state index in [2.05, 4.69) is 59.6 Å². The van der Waals surface area contributed by atoms with Gasteiger partial charge in [-0.3, -0.25) is 9.69 Å². The first-order chi connectivity index (χ1) is 16.3. The molecule has 7 heteroatoms. The largest absolute Gasteiger partial charge is 0.483 e. The molecule has 0 bridgehead atoms. The lowest BCUT2D eigenvalue weighted by Crippen LogP contribution is -2.45. The quantitative estimate of drug-likeness (QED) is 0.544. The van der Waals surface area contributed by atoms with Crippen molar-refractivity contribution >= 4 is 22.6 Å². The Morgan fingerprint density at radius 3 is 2.53 bits per heavy atom. The summed E-state index contributed by atoms with van der Waals surface area (Å²) in [6, 6.07) is 12.0. The molecular formula is C27H37N5O2. The fraction of sp³-hybridized carbons (Fsp3) is 0.481. The second-order valence-corrected chi connectivity index (χ2v) is 9.53. The predicted molar refractivity (Wildman–Crippen MR) is 137 cm³/mol. The van der Waals surface area contributed by atoms with Crippen molar-refractivity contribution in [1.82, 2.24) is 19.4 Å². The molecule has 1 saturated heterocycles. The van der Waals surface area contributed by atoms with E-state index in [9.17, 15) is 4.79 Å². The highest BCUT2D eigenvalue weighted by atomic mass is 16.5. The molecular weight excluding hydrogens is 426 g/mol. The SMILES string of the molecule is CCN1CCN(Cc2nc3cc(NC(=O)COc4cc(C)ccc4C(C)C)ccc3n2C)CC1. The number of rotatable bonds is 8. The van der Waals surface area contributed by atoms with Gasteiger partial charge in [0.25, 0.3) is 5.91 Å². The van der Waals surface area contributed by atoms with Crippen LogP contribution in [0.25, 0.3) is 11.0 Å². The fourth-order valence-electron chi connectivity index (χ4n) is 4.52. The highest BCUT2D eigenvalue weighted by Crippen LogP contribution is 2.27. The Morgan fingerprint density at radius 1 is 1.09 bits per heavy atom. The number of piperazine rings is 1. The van der Waals surface area contributed by atoms with Gasteiger partial charge in [-0.25, -0.2) is 4.98 Å². The number of imidazole rings is 1. The zero-order valence-electron chi connectivity index (χ0n) is 21.1. The lowest BCUT2D eigenvalue weighted by Gasteiger charge is -2.33. The molecule has 0 radical (unpaired) electrons. The highest BCUT2D eigenvalue weighted by molar-refractivity contribution is 5.94. The third-order valence-electron chi connectivity index (χ3n) is 6.68. The van der Waals surface area contributed by atoms with Crippen molar-refractivity contribution in [2.45, 2.75) is 40.2 Å². The molecule has 7 nitrogen and oxygen atoms in total. The van der Waals surface area contributed by atoms with E-state index in [0.29, 0.717) is 5.92 Å². The van der Waals surface area contributed by atoms with Gasteiger partial charge < -0.3 is 19.5 Å². The normalized spacial score (nSPS) is 15.2. The van der Waals surface area contributed by atoms with Crippen molar-refractivity contribution in [2.24, 2.45) is 7.05 Å². The minimum Gasteiger partial charge on any atom is -0.483 e. The number of hydrogen-bond acceptors (Lipinski definition) is 5. The number of fused-ring (bicyclic) bond motifs is 1. The minimum absolute atomic E-state index is 0.0293. The Kier molecular flexibility index (Phi) is 7.54. The molecule has 1 aliphatic heterocycles. The molecule has 4 rings (SSSR count). The van der Waals surface area contributed by atoms with Gasteiger partial charge in [-0.05, 0) is 54.8 Å². The van der Waals surface area contributed by atoms with Gasteiger partial charge >= 0.3 is 0 Å². The van der Waals surface area contributed by atoms with Crippen molar-refractivity contribution < 1.29 is 9.53 Å². The molecule has 1 fully saturated rings. The number of amides is 1. The van der Waals surface area contributed by atoms with Crippen molar-refractivity contribution in [2.75, 3.05) is 44.6 Å². The minimum atomic E-state index is -0.180. The number of aromatic nitrogens is 2. The van der Waals surface area contributed by atoms with E-state index in [-0.39, 0.29) is 12.5 Å². The molecule has 182 valence electrons. The molecule has 0 aliphatic carbocycles. The average molecular weight is 464 g/mol. The Bertz CT molecular complexity index is 1150. The van der Waals surface area contributed by atoms with E-state index < -0.39 is 0 Å². The zero-order chi connectivity index (χ0) is 24.2. The van der Waals surface area contributed by atoms with E-state index >= 15 is 0 Å². The van der Waals surface area contributed by atoms with Gasteiger partial charge in [0.05, 0.1) is 17.6 Å². The molecule has 2 aromatic carbocycles. The van der Waals surface area contributed by atoms with Crippen LogP contribution in [0.5, 0.6) is 5.75 Å². The number of benzene rings is 2. The number of carbonyl (C=O) groups excluding carboxylic acids is 1. The number of carbonyl (C=O) groups is 1. The van der Waals surface area contributed by atoms with Gasteiger partial charge in [0.2, 0.25) is 0 Å². The maximum absolute atomic E-state index is 12.6. The van der Waals surface area contributed by atoms with Crippen LogP contribution in [0.15, 0.2) is 36.4 Å². The number of ether oxygens (including phenoxy) is 1. The summed E-state index contributed by atoms with van der Waals surface area (Å²) in [6.07, 6.45) is 0. The second-order valence-electron chi connectivity index (χ2n) is 9.53. The zero-order valence-corrected chi connectivity index (χ0v) is 21.1. The first kappa shape index (κ1) is 24.2. The van der Waals surface area contributed by atoms with E-state index in [0.717, 1.165) is 78.7 Å². The lowest BCUT2D eigenvalue weighted by atomic mass is 10.0. The topological polar surface area (TPSA) is 62.6 Å². The summed E-state index contributed by atoms with van der Waals surface area (Å²) in [5.41, 5.74) is 4.91. The number of anilines is 1. The summed E-state index contributed by atoms with van der Waals surface area (Å²) in [6.45, 7) is 14.8. The van der Waals surface area contributed by atoms with Crippen LogP contribution in [0.4, 0.5) is 5.69 Å². The predicted octanol–water partition coefficient (Wildman–Crippen LogP) is 4.16. The molecule has 0 atom stereocenters. The van der Waals surface area contributed by atoms with Gasteiger partial charge in [-0.15, -0.1) is 0 Å². The van der Waals surface area contributed by atoms with Crippen LogP contribution in [0.1, 0.15) is 43.6 Å². The Balaban J connectivity index is 1.39. The third kappa shape index (κ3) is 5.59. The van der Waals surface area contributed by atoms with Gasteiger partial charge in [-0.2, -0.15) is 0 Å². The van der Waals surface area contributed by atoms with Crippen LogP contribution in [0.2, 0.25) is 0 Å². The van der Waals surface area contributed by atoms with Gasteiger partial charge in [0.15, 0.2) is 6.61 Å². The molecule has 1 aliphatic rings. The second kappa shape index (κ2) is 10.6. The van der Waals surface area contributed by atoms with E-state index in [4.69, 9.17) is 9.72 Å². The average Bonchev–Trinajstić information content (AvgIpc) is 3.12. The highest BCUT2D eigenvalue weighted by Gasteiger charge is 2.18. The van der Waals surface area contributed by atoms with Gasteiger partial charge in [-0.1, -0.05) is 32.9 Å². The summed E-state index contributed by atoms with van der Waals surface area (Å²) < 4.78 is 8.04. The van der Waals surface area contributed by atoms with E-state index in [1.165, 1.54) is 0 Å². The van der Waals surface area contributed by atoms with Crippen LogP contribution in [0, 0.1) is 6.92 Å². The monoisotopic (exact) mass is 463 g/mol. The summed E-state index contributed by atoms with van der Waals surface area (Å²) in [7, 11) is 2.06. The molecule has 34 heavy (non-hydrogen) atoms. The van der Waals surface area contributed by atoms with Crippen LogP contribution in [-0.2, 0) is 18.4 Å². The van der Waals surface area contributed by atoms with Crippen molar-refractivity contribution in [3.05, 3.63) is 53.3 Å². The molecule has 0 unspecified atom stereocenters. The molecule has 1 amide bonds. The first-order valence-corrected chi connectivity index (χ1v) is 12.3. The Morgan fingerprint density at radius 2 is 1.82 bits per heavy atom. The summed E-state index contributed by atoms with van der Waals surface area (Å²) in [5, 5.41) is 2.96. The molecule has 0 spiro atoms. The number of nitrogens with one attached hydrogen (secondary N) is 1. The van der Waals surface area contributed by atoms with E-state index in [1.807, 2.05) is 31.2 Å². The Labute approximate surface area is 202 Å². The molecule has 2 heterocycles. The van der Waals surface area contributed by atoms with Gasteiger partial charge in [0.1, 0.15) is 11.6 Å². The van der Waals surface area contributed by atoms with Crippen LogP contribution in [-0.4, -0.2) is 64.6 Å². The van der Waals surface area contributed by atoms with Crippen molar-refractivity contribution in [3.63, 3.8) is 0 Å². The standard InChI is InChI=1S/C27H37N5O2/c1-6-31-11-13-32(14-12-31)17-26-29-23-16-21(8-10-24(23)30(26)5)28-27(33)18-34-25-15-20(4)7-9-22(25)19(2)3/h7-10,15-16,19H,6,11-14,17-18H2,1-5H3,(H,28,33). The van der Waals surface area contributed by atoms with Crippen LogP contribution in [0.3, 0.4) is 0 Å². The van der Waals surface area contributed by atoms with Crippen LogP contribution < -0.4 is 10.1 Å². The first-order valence-electron chi connectivity index (χ1n) is 12.3. The number of hydrogen-bond donors (Lipinski definition) is 1. The smallest absolute Gasteiger partial charge is 0.262 e. The maximum atomic E-state index is 12.6.